The third-order valence-corrected chi connectivity index (χ3v) is 6.10. The molecule has 8 heteroatoms. The quantitative estimate of drug-likeness (QED) is 0.631. The van der Waals surface area contributed by atoms with Crippen molar-refractivity contribution in [2.45, 2.75) is 18.9 Å². The number of fused-ring (bicyclic) bond motifs is 1. The number of hydrogen-bond donors (Lipinski definition) is 1. The lowest BCUT2D eigenvalue weighted by Gasteiger charge is -2.40. The van der Waals surface area contributed by atoms with Crippen LogP contribution in [0.2, 0.25) is 0 Å². The Morgan fingerprint density at radius 2 is 1.83 bits per heavy atom. The van der Waals surface area contributed by atoms with E-state index in [1.54, 1.807) is 0 Å². The minimum Gasteiger partial charge on any atom is -0.471 e. The van der Waals surface area contributed by atoms with Crippen LogP contribution in [-0.2, 0) is 0 Å². The predicted molar refractivity (Wildman–Crippen MR) is 121 cm³/mol. The van der Waals surface area contributed by atoms with E-state index in [1.807, 2.05) is 32.2 Å². The summed E-state index contributed by atoms with van der Waals surface area (Å²) < 4.78 is 6.21. The molecule has 0 saturated carbocycles. The second kappa shape index (κ2) is 8.10. The zero-order valence-electron chi connectivity index (χ0n) is 17.2. The number of ether oxygens (including phenoxy) is 1. The molecule has 0 radical (unpaired) electrons. The molecule has 154 valence electrons. The Labute approximate surface area is 177 Å². The fourth-order valence-corrected chi connectivity index (χ4v) is 4.09. The summed E-state index contributed by atoms with van der Waals surface area (Å²) in [6.07, 6.45) is 3.89. The van der Waals surface area contributed by atoms with Crippen molar-refractivity contribution in [1.82, 2.24) is 15.0 Å². The van der Waals surface area contributed by atoms with Gasteiger partial charge in [0.15, 0.2) is 0 Å². The zero-order chi connectivity index (χ0) is 20.5. The first kappa shape index (κ1) is 19.1. The van der Waals surface area contributed by atoms with Crippen molar-refractivity contribution in [3.05, 3.63) is 42.6 Å². The van der Waals surface area contributed by atoms with E-state index in [4.69, 9.17) is 14.7 Å². The number of aliphatic hydroxyl groups excluding tert-OH is 1. The molecular formula is C22H26BN5O2. The summed E-state index contributed by atoms with van der Waals surface area (Å²) >= 11 is 0. The lowest BCUT2D eigenvalue weighted by Crippen LogP contribution is -2.54. The Balaban J connectivity index is 1.22. The summed E-state index contributed by atoms with van der Waals surface area (Å²) in [5.74, 6) is 2.77. The van der Waals surface area contributed by atoms with Gasteiger partial charge in [0, 0.05) is 31.3 Å². The van der Waals surface area contributed by atoms with E-state index < -0.39 is 0 Å². The standard InChI is InChI=1S/C22H26BN5O2/c23-18-11-24-22(27-9-7-15(14-29)8-10-27)26-21(18)30-17-12-28(13-17)20-6-5-16-3-1-2-4-19(16)25-20/h1-6,11,15,17,29H,7-10,12-14,23H2. The van der Waals surface area contributed by atoms with Crippen LogP contribution in [0.4, 0.5) is 11.8 Å². The Kier molecular flexibility index (Phi) is 5.17. The first-order chi connectivity index (χ1) is 14.7. The van der Waals surface area contributed by atoms with Gasteiger partial charge in [0.1, 0.15) is 19.8 Å². The van der Waals surface area contributed by atoms with Crippen molar-refractivity contribution < 1.29 is 9.84 Å². The molecule has 0 amide bonds. The van der Waals surface area contributed by atoms with Gasteiger partial charge in [0.25, 0.3) is 0 Å². The predicted octanol–water partition coefficient (Wildman–Crippen LogP) is 0.759. The number of piperidine rings is 1. The first-order valence-electron chi connectivity index (χ1n) is 10.7. The molecule has 3 aromatic rings. The summed E-state index contributed by atoms with van der Waals surface area (Å²) in [5, 5.41) is 10.5. The molecule has 0 aliphatic carbocycles. The maximum absolute atomic E-state index is 9.34. The molecule has 7 nitrogen and oxygen atoms in total. The molecule has 2 saturated heterocycles. The highest BCUT2D eigenvalue weighted by Gasteiger charge is 2.31. The fraction of sp³-hybridized carbons (Fsp3) is 0.409. The summed E-state index contributed by atoms with van der Waals surface area (Å²) in [4.78, 5) is 18.4. The molecule has 1 N–H and O–H groups in total. The number of aromatic nitrogens is 3. The second-order valence-corrected chi connectivity index (χ2v) is 8.28. The minimum absolute atomic E-state index is 0.0971. The zero-order valence-corrected chi connectivity index (χ0v) is 17.2. The minimum atomic E-state index is 0.0971. The van der Waals surface area contributed by atoms with Crippen molar-refractivity contribution >= 4 is 36.0 Å². The van der Waals surface area contributed by atoms with Crippen LogP contribution in [0.1, 0.15) is 12.8 Å². The second-order valence-electron chi connectivity index (χ2n) is 8.28. The van der Waals surface area contributed by atoms with Crippen LogP contribution in [0.15, 0.2) is 42.6 Å². The number of hydrogen-bond acceptors (Lipinski definition) is 7. The van der Waals surface area contributed by atoms with E-state index in [0.717, 1.165) is 67.2 Å². The highest BCUT2D eigenvalue weighted by atomic mass is 16.5. The van der Waals surface area contributed by atoms with Gasteiger partial charge in [-0.15, -0.1) is 0 Å². The van der Waals surface area contributed by atoms with Crippen LogP contribution in [0.5, 0.6) is 5.88 Å². The highest BCUT2D eigenvalue weighted by molar-refractivity contribution is 6.33. The van der Waals surface area contributed by atoms with E-state index >= 15 is 0 Å². The van der Waals surface area contributed by atoms with Gasteiger partial charge in [-0.05, 0) is 42.4 Å². The SMILES string of the molecule is Bc1cnc(N2CCC(CO)CC2)nc1OC1CN(c2ccc3ccccc3n2)C1. The van der Waals surface area contributed by atoms with E-state index in [-0.39, 0.29) is 12.7 Å². The molecule has 2 fully saturated rings. The molecule has 0 atom stereocenters. The topological polar surface area (TPSA) is 74.6 Å². The largest absolute Gasteiger partial charge is 0.471 e. The van der Waals surface area contributed by atoms with E-state index in [0.29, 0.717) is 11.8 Å². The molecule has 1 aromatic carbocycles. The van der Waals surface area contributed by atoms with E-state index in [2.05, 4.69) is 33.0 Å². The average Bonchev–Trinajstić information content (AvgIpc) is 2.77. The molecule has 5 rings (SSSR count). The highest BCUT2D eigenvalue weighted by Crippen LogP contribution is 2.25. The molecule has 4 heterocycles. The molecule has 0 bridgehead atoms. The van der Waals surface area contributed by atoms with Gasteiger partial charge >= 0.3 is 0 Å². The lowest BCUT2D eigenvalue weighted by atomic mass is 9.98. The smallest absolute Gasteiger partial charge is 0.228 e. The number of anilines is 2. The number of pyridine rings is 1. The molecular weight excluding hydrogens is 377 g/mol. The summed E-state index contributed by atoms with van der Waals surface area (Å²) in [5.41, 5.74) is 1.96. The summed E-state index contributed by atoms with van der Waals surface area (Å²) in [7, 11) is 1.98. The Bertz CT molecular complexity index is 1030. The van der Waals surface area contributed by atoms with Crippen LogP contribution in [-0.4, -0.2) is 66.8 Å². The van der Waals surface area contributed by atoms with Crippen molar-refractivity contribution in [2.75, 3.05) is 42.6 Å². The van der Waals surface area contributed by atoms with Gasteiger partial charge in [-0.25, -0.2) is 9.97 Å². The molecule has 0 unspecified atom stereocenters. The summed E-state index contributed by atoms with van der Waals surface area (Å²) in [6, 6.07) is 12.4. The van der Waals surface area contributed by atoms with Crippen molar-refractivity contribution in [3.63, 3.8) is 0 Å². The Hall–Kier alpha value is -2.87. The number of nitrogens with zero attached hydrogens (tertiary/aromatic N) is 5. The lowest BCUT2D eigenvalue weighted by molar-refractivity contribution is 0.161. The van der Waals surface area contributed by atoms with E-state index in [1.165, 1.54) is 0 Å². The van der Waals surface area contributed by atoms with Gasteiger partial charge in [-0.2, -0.15) is 4.98 Å². The average molecular weight is 403 g/mol. The van der Waals surface area contributed by atoms with Crippen molar-refractivity contribution in [3.8, 4) is 5.88 Å². The fourth-order valence-electron chi connectivity index (χ4n) is 4.09. The van der Waals surface area contributed by atoms with Crippen LogP contribution in [0.3, 0.4) is 0 Å². The molecule has 0 spiro atoms. The number of benzene rings is 1. The van der Waals surface area contributed by atoms with Gasteiger partial charge < -0.3 is 19.6 Å². The monoisotopic (exact) mass is 403 g/mol. The number of aliphatic hydroxyl groups is 1. The van der Waals surface area contributed by atoms with Crippen LogP contribution >= 0.6 is 0 Å². The van der Waals surface area contributed by atoms with Gasteiger partial charge in [0.2, 0.25) is 11.8 Å². The van der Waals surface area contributed by atoms with E-state index in [9.17, 15) is 5.11 Å². The normalized spacial score (nSPS) is 17.9. The number of rotatable bonds is 5. The van der Waals surface area contributed by atoms with Crippen LogP contribution in [0.25, 0.3) is 10.9 Å². The molecule has 2 aromatic heterocycles. The first-order valence-corrected chi connectivity index (χ1v) is 10.7. The Morgan fingerprint density at radius 1 is 1.03 bits per heavy atom. The Morgan fingerprint density at radius 3 is 2.63 bits per heavy atom. The summed E-state index contributed by atoms with van der Waals surface area (Å²) in [6.45, 7) is 3.61. The molecule has 2 aliphatic rings. The van der Waals surface area contributed by atoms with Crippen molar-refractivity contribution in [1.29, 1.82) is 0 Å². The number of para-hydroxylation sites is 1. The van der Waals surface area contributed by atoms with Gasteiger partial charge in [0.05, 0.1) is 18.6 Å². The third kappa shape index (κ3) is 3.79. The molecule has 2 aliphatic heterocycles. The maximum atomic E-state index is 9.34. The van der Waals surface area contributed by atoms with Gasteiger partial charge in [-0.3, -0.25) is 0 Å². The van der Waals surface area contributed by atoms with Crippen LogP contribution in [0, 0.1) is 5.92 Å². The van der Waals surface area contributed by atoms with Crippen LogP contribution < -0.4 is 20.0 Å². The van der Waals surface area contributed by atoms with Crippen molar-refractivity contribution in [2.24, 2.45) is 5.92 Å². The molecule has 30 heavy (non-hydrogen) atoms. The third-order valence-electron chi connectivity index (χ3n) is 6.10. The maximum Gasteiger partial charge on any atom is 0.228 e. The van der Waals surface area contributed by atoms with Gasteiger partial charge in [-0.1, -0.05) is 18.2 Å².